The number of rotatable bonds is 18. The van der Waals surface area contributed by atoms with Gasteiger partial charge < -0.3 is 18.9 Å². The van der Waals surface area contributed by atoms with E-state index in [1.54, 1.807) is 32.2 Å². The summed E-state index contributed by atoms with van der Waals surface area (Å²) in [7, 11) is 0. The molecule has 3 aromatic rings. The Morgan fingerprint density at radius 3 is 2.07 bits per heavy atom. The lowest BCUT2D eigenvalue weighted by molar-refractivity contribution is -0.148. The molecule has 1 aromatic carbocycles. The van der Waals surface area contributed by atoms with Gasteiger partial charge in [0.15, 0.2) is 0 Å². The minimum absolute atomic E-state index is 0.0283. The maximum atomic E-state index is 13.7. The molecule has 0 bridgehead atoms. The number of ether oxygens (including phenoxy) is 1. The molecular formula is C36H51N3O4. The Kier molecular flexibility index (Phi) is 13.5. The van der Waals surface area contributed by atoms with Crippen LogP contribution in [0.1, 0.15) is 111 Å². The van der Waals surface area contributed by atoms with Gasteiger partial charge in [0.05, 0.1) is 11.8 Å². The fourth-order valence-corrected chi connectivity index (χ4v) is 5.42. The topological polar surface area (TPSA) is 71.3 Å². The number of amides is 1. The molecule has 0 atom stereocenters. The molecule has 7 nitrogen and oxygen atoms in total. The fraction of sp³-hybridized carbons (Fsp3) is 0.528. The third kappa shape index (κ3) is 9.52. The predicted octanol–water partition coefficient (Wildman–Crippen LogP) is 6.98. The molecule has 1 amide bonds. The number of carbonyl (C=O) groups excluding carboxylic acids is 3. The van der Waals surface area contributed by atoms with Crippen molar-refractivity contribution >= 4 is 23.2 Å². The second-order valence-electron chi connectivity index (χ2n) is 11.6. The van der Waals surface area contributed by atoms with Gasteiger partial charge in [-0.2, -0.15) is 0 Å². The van der Waals surface area contributed by atoms with Crippen LogP contribution in [0.4, 0.5) is 0 Å². The van der Waals surface area contributed by atoms with E-state index in [9.17, 15) is 14.4 Å². The van der Waals surface area contributed by atoms with Crippen molar-refractivity contribution in [2.75, 3.05) is 32.7 Å². The van der Waals surface area contributed by atoms with Crippen LogP contribution < -0.4 is 0 Å². The summed E-state index contributed by atoms with van der Waals surface area (Å²) < 4.78 is 7.10. The van der Waals surface area contributed by atoms with Gasteiger partial charge in [-0.25, -0.2) is 0 Å². The molecule has 0 aliphatic carbocycles. The molecule has 0 aliphatic heterocycles. The number of aryl methyl sites for hydroxylation is 2. The largest absolute Gasteiger partial charge is 0.462 e. The van der Waals surface area contributed by atoms with Gasteiger partial charge in [0.1, 0.15) is 6.54 Å². The van der Waals surface area contributed by atoms with Crippen molar-refractivity contribution in [1.82, 2.24) is 14.2 Å². The Morgan fingerprint density at radius 2 is 1.49 bits per heavy atom. The number of unbranched alkanes of at least 4 members (excludes halogenated alkanes) is 2. The molecule has 0 unspecified atom stereocenters. The van der Waals surface area contributed by atoms with Crippen LogP contribution in [-0.2, 0) is 22.4 Å². The van der Waals surface area contributed by atoms with E-state index >= 15 is 0 Å². The number of hydrogen-bond donors (Lipinski definition) is 0. The zero-order valence-electron chi connectivity index (χ0n) is 27.2. The molecule has 7 heteroatoms. The van der Waals surface area contributed by atoms with Gasteiger partial charge >= 0.3 is 5.97 Å². The predicted molar refractivity (Wildman–Crippen MR) is 174 cm³/mol. The number of nitrogens with zero attached hydrogens (tertiary/aromatic N) is 3. The normalized spacial score (nSPS) is 11.4. The van der Waals surface area contributed by atoms with E-state index in [0.717, 1.165) is 30.5 Å². The molecule has 0 radical (unpaired) electrons. The first-order valence-electron chi connectivity index (χ1n) is 16.2. The first-order chi connectivity index (χ1) is 20.7. The lowest BCUT2D eigenvalue weighted by Crippen LogP contribution is -2.37. The lowest BCUT2D eigenvalue weighted by Gasteiger charge is -2.21. The summed E-state index contributed by atoms with van der Waals surface area (Å²) >= 11 is 0. The van der Waals surface area contributed by atoms with Crippen molar-refractivity contribution in [1.29, 1.82) is 0 Å². The molecule has 0 spiro atoms. The van der Waals surface area contributed by atoms with E-state index in [-0.39, 0.29) is 24.3 Å². The maximum Gasteiger partial charge on any atom is 0.325 e. The standard InChI is InChI=1S/C36H51N3O4/c1-7-11-20-37(21-12-8-2)22-13-14-28-15-17-30(18-16-28)35(41)34-29(9-3)24-32-25-31(19-23-39(32)34)36(42)38(10-4)26-33(40)43-27(5)6/h15-19,23-25,27H,7-14,20-22,26H2,1-6H3. The summed E-state index contributed by atoms with van der Waals surface area (Å²) in [6.07, 6.45) is 9.30. The Hall–Kier alpha value is -3.45. The van der Waals surface area contributed by atoms with Gasteiger partial charge in [-0.3, -0.25) is 14.4 Å². The number of fused-ring (bicyclic) bond motifs is 1. The van der Waals surface area contributed by atoms with Crippen LogP contribution in [0.5, 0.6) is 0 Å². The number of pyridine rings is 1. The zero-order valence-corrected chi connectivity index (χ0v) is 27.2. The third-order valence-electron chi connectivity index (χ3n) is 7.86. The number of aromatic nitrogens is 1. The number of hydrogen-bond acceptors (Lipinski definition) is 5. The molecule has 0 saturated carbocycles. The average Bonchev–Trinajstić information content (AvgIpc) is 3.38. The van der Waals surface area contributed by atoms with Gasteiger partial charge in [0.25, 0.3) is 5.91 Å². The van der Waals surface area contributed by atoms with Crippen LogP contribution in [0, 0.1) is 0 Å². The Balaban J connectivity index is 1.73. The quantitative estimate of drug-likeness (QED) is 0.118. The smallest absolute Gasteiger partial charge is 0.325 e. The first-order valence-corrected chi connectivity index (χ1v) is 16.2. The van der Waals surface area contributed by atoms with Crippen LogP contribution in [0.3, 0.4) is 0 Å². The van der Waals surface area contributed by atoms with Gasteiger partial charge in [0.2, 0.25) is 5.78 Å². The summed E-state index contributed by atoms with van der Waals surface area (Å²) in [5.41, 5.74) is 4.72. The van der Waals surface area contributed by atoms with E-state index in [1.165, 1.54) is 49.2 Å². The molecule has 0 fully saturated rings. The molecule has 3 rings (SSSR count). The lowest BCUT2D eigenvalue weighted by atomic mass is 10.0. The van der Waals surface area contributed by atoms with E-state index in [4.69, 9.17) is 4.74 Å². The van der Waals surface area contributed by atoms with Crippen molar-refractivity contribution in [2.45, 2.75) is 92.6 Å². The van der Waals surface area contributed by atoms with Crippen molar-refractivity contribution in [2.24, 2.45) is 0 Å². The number of esters is 1. The Bertz CT molecular complexity index is 1330. The van der Waals surface area contributed by atoms with Gasteiger partial charge in [-0.15, -0.1) is 0 Å². The molecule has 0 saturated heterocycles. The minimum atomic E-state index is -0.429. The highest BCUT2D eigenvalue weighted by molar-refractivity contribution is 6.10. The Labute approximate surface area is 258 Å². The summed E-state index contributed by atoms with van der Waals surface area (Å²) in [6, 6.07) is 13.5. The number of ketones is 1. The number of likely N-dealkylation sites (N-methyl/N-ethyl adjacent to an activating group) is 1. The molecular weight excluding hydrogens is 538 g/mol. The molecule has 2 aromatic heterocycles. The second kappa shape index (κ2) is 17.0. The summed E-state index contributed by atoms with van der Waals surface area (Å²) in [5, 5.41) is 0. The van der Waals surface area contributed by atoms with Crippen LogP contribution >= 0.6 is 0 Å². The van der Waals surface area contributed by atoms with E-state index in [0.29, 0.717) is 29.8 Å². The minimum Gasteiger partial charge on any atom is -0.462 e. The monoisotopic (exact) mass is 589 g/mol. The first kappa shape index (κ1) is 34.0. The maximum absolute atomic E-state index is 13.7. The number of benzene rings is 1. The van der Waals surface area contributed by atoms with E-state index in [2.05, 4.69) is 30.9 Å². The van der Waals surface area contributed by atoms with E-state index < -0.39 is 5.97 Å². The molecule has 234 valence electrons. The molecule has 0 N–H and O–H groups in total. The average molecular weight is 590 g/mol. The van der Waals surface area contributed by atoms with Crippen molar-refractivity contribution in [3.8, 4) is 0 Å². The second-order valence-corrected chi connectivity index (χ2v) is 11.6. The van der Waals surface area contributed by atoms with E-state index in [1.807, 2.05) is 36.4 Å². The van der Waals surface area contributed by atoms with Crippen LogP contribution in [0.25, 0.3) is 5.52 Å². The van der Waals surface area contributed by atoms with Crippen molar-refractivity contribution in [3.63, 3.8) is 0 Å². The summed E-state index contributed by atoms with van der Waals surface area (Å²) in [5.74, 6) is -0.700. The van der Waals surface area contributed by atoms with Gasteiger partial charge in [-0.05, 0) is 102 Å². The van der Waals surface area contributed by atoms with Crippen molar-refractivity contribution < 1.29 is 19.1 Å². The fourth-order valence-electron chi connectivity index (χ4n) is 5.42. The SMILES string of the molecule is CCCCN(CCCC)CCCc1ccc(C(=O)c2c(CC)cc3cc(C(=O)N(CC)CC(=O)OC(C)C)ccn23)cc1. The van der Waals surface area contributed by atoms with Crippen LogP contribution in [0.2, 0.25) is 0 Å². The summed E-state index contributed by atoms with van der Waals surface area (Å²) in [6.45, 7) is 15.7. The Morgan fingerprint density at radius 1 is 0.837 bits per heavy atom. The van der Waals surface area contributed by atoms with Crippen molar-refractivity contribution in [3.05, 3.63) is 76.6 Å². The van der Waals surface area contributed by atoms with Crippen LogP contribution in [-0.4, -0.2) is 70.7 Å². The molecule has 2 heterocycles. The highest BCUT2D eigenvalue weighted by Crippen LogP contribution is 2.23. The zero-order chi connectivity index (χ0) is 31.4. The van der Waals surface area contributed by atoms with Gasteiger partial charge in [-0.1, -0.05) is 57.9 Å². The van der Waals surface area contributed by atoms with Gasteiger partial charge in [0, 0.05) is 29.4 Å². The molecule has 43 heavy (non-hydrogen) atoms. The number of carbonyl (C=O) groups is 3. The highest BCUT2D eigenvalue weighted by atomic mass is 16.5. The third-order valence-corrected chi connectivity index (χ3v) is 7.86. The summed E-state index contributed by atoms with van der Waals surface area (Å²) in [4.78, 5) is 43.2. The molecule has 0 aliphatic rings. The highest BCUT2D eigenvalue weighted by Gasteiger charge is 2.22. The van der Waals surface area contributed by atoms with Crippen LogP contribution in [0.15, 0.2) is 48.7 Å².